The minimum absolute atomic E-state index is 0.198. The molecule has 0 aliphatic carbocycles. The van der Waals surface area contributed by atoms with E-state index in [1.807, 2.05) is 41.3 Å². The third-order valence-electron chi connectivity index (χ3n) is 5.10. The Morgan fingerprint density at radius 1 is 1.04 bits per heavy atom. The number of hydrogen-bond donors (Lipinski definition) is 1. The predicted octanol–water partition coefficient (Wildman–Crippen LogP) is 2.91. The van der Waals surface area contributed by atoms with E-state index >= 15 is 0 Å². The molecule has 2 aromatic carbocycles. The van der Waals surface area contributed by atoms with Gasteiger partial charge in [-0.05, 0) is 37.1 Å². The average molecular weight is 348 g/mol. The second-order valence-corrected chi connectivity index (χ2v) is 6.91. The summed E-state index contributed by atoms with van der Waals surface area (Å²) in [7, 11) is 0. The molecule has 26 heavy (non-hydrogen) atoms. The molecule has 1 amide bonds. The predicted molar refractivity (Wildman–Crippen MR) is 103 cm³/mol. The van der Waals surface area contributed by atoms with Crippen LogP contribution >= 0.6 is 0 Å². The number of nitrogens with two attached hydrogens (primary N) is 1. The number of amides is 1. The van der Waals surface area contributed by atoms with Crippen LogP contribution < -0.4 is 5.73 Å². The van der Waals surface area contributed by atoms with Crippen LogP contribution in [0.2, 0.25) is 0 Å². The van der Waals surface area contributed by atoms with E-state index in [4.69, 9.17) is 10.7 Å². The van der Waals surface area contributed by atoms with Crippen molar-refractivity contribution >= 4 is 16.9 Å². The number of aromatic nitrogens is 2. The largest absolute Gasteiger partial charge is 0.343 e. The molecular formula is C21H24N4O. The Morgan fingerprint density at radius 3 is 2.50 bits per heavy atom. The smallest absolute Gasteiger partial charge is 0.223 e. The van der Waals surface area contributed by atoms with E-state index in [9.17, 15) is 4.79 Å². The lowest BCUT2D eigenvalue weighted by atomic mass is 10.1. The number of imidazole rings is 1. The number of aryl methyl sites for hydroxylation is 1. The molecule has 4 rings (SSSR count). The number of benzene rings is 2. The van der Waals surface area contributed by atoms with Gasteiger partial charge in [0, 0.05) is 37.7 Å². The maximum absolute atomic E-state index is 12.6. The maximum Gasteiger partial charge on any atom is 0.223 e. The van der Waals surface area contributed by atoms with Gasteiger partial charge in [0.15, 0.2) is 0 Å². The van der Waals surface area contributed by atoms with Crippen molar-refractivity contribution < 1.29 is 4.79 Å². The molecule has 0 spiro atoms. The zero-order valence-electron chi connectivity index (χ0n) is 14.8. The lowest BCUT2D eigenvalue weighted by Crippen LogP contribution is -2.42. The van der Waals surface area contributed by atoms with Crippen LogP contribution in [0.25, 0.3) is 16.7 Å². The van der Waals surface area contributed by atoms with Crippen molar-refractivity contribution in [3.63, 3.8) is 0 Å². The minimum atomic E-state index is 0.198. The number of piperidine rings is 1. The zero-order chi connectivity index (χ0) is 17.9. The molecule has 1 aromatic heterocycles. The summed E-state index contributed by atoms with van der Waals surface area (Å²) in [5.41, 5.74) is 9.05. The molecule has 1 aliphatic heterocycles. The van der Waals surface area contributed by atoms with Gasteiger partial charge in [0.2, 0.25) is 5.91 Å². The van der Waals surface area contributed by atoms with Crippen LogP contribution in [-0.4, -0.2) is 39.5 Å². The van der Waals surface area contributed by atoms with E-state index in [2.05, 4.69) is 22.8 Å². The maximum atomic E-state index is 12.6. The first-order chi connectivity index (χ1) is 12.7. The van der Waals surface area contributed by atoms with Gasteiger partial charge in [0.05, 0.1) is 11.0 Å². The van der Waals surface area contributed by atoms with Crippen molar-refractivity contribution in [1.82, 2.24) is 14.5 Å². The summed E-state index contributed by atoms with van der Waals surface area (Å²) in [6.45, 7) is 1.55. The molecule has 0 saturated carbocycles. The van der Waals surface area contributed by atoms with E-state index < -0.39 is 0 Å². The van der Waals surface area contributed by atoms with E-state index in [1.165, 1.54) is 0 Å². The van der Waals surface area contributed by atoms with Gasteiger partial charge in [-0.1, -0.05) is 30.3 Å². The van der Waals surface area contributed by atoms with Gasteiger partial charge in [0.25, 0.3) is 0 Å². The summed E-state index contributed by atoms with van der Waals surface area (Å²) in [5.74, 6) is 1.13. The molecule has 1 aliphatic rings. The number of likely N-dealkylation sites (tertiary alicyclic amines) is 1. The Kier molecular flexibility index (Phi) is 4.71. The van der Waals surface area contributed by atoms with Crippen LogP contribution in [0.3, 0.4) is 0 Å². The molecule has 3 aromatic rings. The number of carbonyl (C=O) groups is 1. The standard InChI is InChI=1S/C21H24N4O/c22-16-12-14-24(15-13-16)21(26)11-10-20-23-18-8-4-5-9-19(18)25(20)17-6-2-1-3-7-17/h1-9,16H,10-15,22H2. The first-order valence-electron chi connectivity index (χ1n) is 9.27. The van der Waals surface area contributed by atoms with Crippen LogP contribution in [0.4, 0.5) is 0 Å². The Morgan fingerprint density at radius 2 is 1.73 bits per heavy atom. The summed E-state index contributed by atoms with van der Waals surface area (Å²) in [6.07, 6.45) is 2.90. The van der Waals surface area contributed by atoms with E-state index in [1.54, 1.807) is 0 Å². The molecule has 0 atom stereocenters. The summed E-state index contributed by atoms with van der Waals surface area (Å²) in [4.78, 5) is 19.3. The second-order valence-electron chi connectivity index (χ2n) is 6.91. The number of para-hydroxylation sites is 3. The Labute approximate surface area is 153 Å². The number of fused-ring (bicyclic) bond motifs is 1. The van der Waals surface area contributed by atoms with Crippen LogP contribution in [0.1, 0.15) is 25.1 Å². The van der Waals surface area contributed by atoms with Gasteiger partial charge in [0.1, 0.15) is 5.82 Å². The fraction of sp³-hybridized carbons (Fsp3) is 0.333. The normalized spacial score (nSPS) is 15.5. The zero-order valence-corrected chi connectivity index (χ0v) is 14.8. The molecule has 5 heteroatoms. The molecule has 1 fully saturated rings. The van der Waals surface area contributed by atoms with Crippen molar-refractivity contribution in [1.29, 1.82) is 0 Å². The highest BCUT2D eigenvalue weighted by molar-refractivity contribution is 5.79. The van der Waals surface area contributed by atoms with Gasteiger partial charge in [-0.3, -0.25) is 9.36 Å². The number of rotatable bonds is 4. The molecule has 0 unspecified atom stereocenters. The molecule has 134 valence electrons. The van der Waals surface area contributed by atoms with E-state index in [0.29, 0.717) is 12.8 Å². The van der Waals surface area contributed by atoms with Crippen molar-refractivity contribution in [2.75, 3.05) is 13.1 Å². The van der Waals surface area contributed by atoms with Crippen molar-refractivity contribution in [2.24, 2.45) is 5.73 Å². The molecule has 2 heterocycles. The van der Waals surface area contributed by atoms with Gasteiger partial charge in [-0.15, -0.1) is 0 Å². The van der Waals surface area contributed by atoms with Crippen LogP contribution in [-0.2, 0) is 11.2 Å². The van der Waals surface area contributed by atoms with Gasteiger partial charge in [-0.25, -0.2) is 4.98 Å². The quantitative estimate of drug-likeness (QED) is 0.788. The first kappa shape index (κ1) is 16.8. The molecule has 2 N–H and O–H groups in total. The lowest BCUT2D eigenvalue weighted by Gasteiger charge is -2.30. The highest BCUT2D eigenvalue weighted by atomic mass is 16.2. The number of carbonyl (C=O) groups excluding carboxylic acids is 1. The summed E-state index contributed by atoms with van der Waals surface area (Å²) < 4.78 is 2.16. The fourth-order valence-corrected chi connectivity index (χ4v) is 3.63. The topological polar surface area (TPSA) is 64.2 Å². The number of hydrogen-bond acceptors (Lipinski definition) is 3. The minimum Gasteiger partial charge on any atom is -0.343 e. The second kappa shape index (κ2) is 7.30. The van der Waals surface area contributed by atoms with Crippen LogP contribution in [0.5, 0.6) is 0 Å². The average Bonchev–Trinajstić information content (AvgIpc) is 3.05. The Hall–Kier alpha value is -2.66. The number of nitrogens with zero attached hydrogens (tertiary/aromatic N) is 3. The molecule has 5 nitrogen and oxygen atoms in total. The molecule has 1 saturated heterocycles. The van der Waals surface area contributed by atoms with Gasteiger partial charge in [-0.2, -0.15) is 0 Å². The summed E-state index contributed by atoms with van der Waals surface area (Å²) in [5, 5.41) is 0. The molecule has 0 radical (unpaired) electrons. The SMILES string of the molecule is NC1CCN(C(=O)CCc2nc3ccccc3n2-c2ccccc2)CC1. The lowest BCUT2D eigenvalue weighted by molar-refractivity contribution is -0.132. The highest BCUT2D eigenvalue weighted by Gasteiger charge is 2.21. The van der Waals surface area contributed by atoms with Crippen LogP contribution in [0, 0.1) is 0 Å². The highest BCUT2D eigenvalue weighted by Crippen LogP contribution is 2.22. The third kappa shape index (κ3) is 3.35. The van der Waals surface area contributed by atoms with Crippen molar-refractivity contribution in [2.45, 2.75) is 31.7 Å². The fourth-order valence-electron chi connectivity index (χ4n) is 3.63. The third-order valence-corrected chi connectivity index (χ3v) is 5.10. The monoisotopic (exact) mass is 348 g/mol. The van der Waals surface area contributed by atoms with E-state index in [-0.39, 0.29) is 11.9 Å². The molecular weight excluding hydrogens is 324 g/mol. The Bertz CT molecular complexity index is 895. The van der Waals surface area contributed by atoms with Crippen LogP contribution in [0.15, 0.2) is 54.6 Å². The molecule has 0 bridgehead atoms. The first-order valence-corrected chi connectivity index (χ1v) is 9.27. The van der Waals surface area contributed by atoms with Crippen molar-refractivity contribution in [3.05, 3.63) is 60.4 Å². The summed E-state index contributed by atoms with van der Waals surface area (Å²) in [6, 6.07) is 18.6. The van der Waals surface area contributed by atoms with Gasteiger partial charge >= 0.3 is 0 Å². The van der Waals surface area contributed by atoms with Crippen molar-refractivity contribution in [3.8, 4) is 5.69 Å². The van der Waals surface area contributed by atoms with E-state index in [0.717, 1.165) is 48.5 Å². The van der Waals surface area contributed by atoms with Gasteiger partial charge < -0.3 is 10.6 Å². The Balaban J connectivity index is 1.57. The summed E-state index contributed by atoms with van der Waals surface area (Å²) >= 11 is 0.